The van der Waals surface area contributed by atoms with Crippen LogP contribution in [0.2, 0.25) is 0 Å². The Morgan fingerprint density at radius 1 is 0.291 bits per heavy atom. The predicted molar refractivity (Wildman–Crippen MR) is 225 cm³/mol. The van der Waals surface area contributed by atoms with Crippen LogP contribution in [0.15, 0.2) is 205 Å². The molecule has 10 aromatic rings. The lowest BCUT2D eigenvalue weighted by Crippen LogP contribution is -2.00. The van der Waals surface area contributed by atoms with E-state index in [1.165, 1.54) is 5.56 Å². The molecule has 0 fully saturated rings. The monoisotopic (exact) mass is 703 g/mol. The molecule has 0 atom stereocenters. The summed E-state index contributed by atoms with van der Waals surface area (Å²) in [5.41, 5.74) is 13.4. The van der Waals surface area contributed by atoms with E-state index < -0.39 is 0 Å². The number of rotatable bonds is 7. The predicted octanol–water partition coefficient (Wildman–Crippen LogP) is 13.4. The molecule has 0 unspecified atom stereocenters. The van der Waals surface area contributed by atoms with Crippen molar-refractivity contribution in [3.05, 3.63) is 200 Å². The Labute approximate surface area is 319 Å². The zero-order valence-electron chi connectivity index (χ0n) is 29.8. The maximum Gasteiger partial charge on any atom is 0.164 e. The van der Waals surface area contributed by atoms with Crippen LogP contribution in [-0.4, -0.2) is 15.0 Å². The Balaban J connectivity index is 1.15. The fourth-order valence-electron chi connectivity index (χ4n) is 7.48. The van der Waals surface area contributed by atoms with Crippen molar-refractivity contribution < 1.29 is 4.42 Å². The molecular weight excluding hydrogens is 671 g/mol. The summed E-state index contributed by atoms with van der Waals surface area (Å²) in [7, 11) is 0. The molecule has 0 saturated heterocycles. The Hall–Kier alpha value is -7.43. The Morgan fingerprint density at radius 3 is 1.42 bits per heavy atom. The molecule has 0 N–H and O–H groups in total. The highest BCUT2D eigenvalue weighted by Gasteiger charge is 2.21. The normalized spacial score (nSPS) is 11.3. The summed E-state index contributed by atoms with van der Waals surface area (Å²) >= 11 is 0. The average molecular weight is 704 g/mol. The minimum Gasteiger partial charge on any atom is -0.455 e. The molecule has 0 radical (unpaired) electrons. The van der Waals surface area contributed by atoms with Gasteiger partial charge in [0, 0.05) is 33.0 Å². The van der Waals surface area contributed by atoms with Gasteiger partial charge in [-0.3, -0.25) is 0 Å². The summed E-state index contributed by atoms with van der Waals surface area (Å²) < 4.78 is 6.82. The van der Waals surface area contributed by atoms with E-state index in [2.05, 4.69) is 152 Å². The molecule has 4 nitrogen and oxygen atoms in total. The van der Waals surface area contributed by atoms with Crippen molar-refractivity contribution in [2.75, 3.05) is 0 Å². The average Bonchev–Trinajstić information content (AvgIpc) is 3.67. The summed E-state index contributed by atoms with van der Waals surface area (Å²) in [6.45, 7) is 0. The highest BCUT2D eigenvalue weighted by Crippen LogP contribution is 2.43. The maximum absolute atomic E-state index is 6.82. The van der Waals surface area contributed by atoms with Gasteiger partial charge in [-0.2, -0.15) is 0 Å². The van der Waals surface area contributed by atoms with Crippen LogP contribution >= 0.6 is 0 Å². The first kappa shape index (κ1) is 32.2. The number of para-hydroxylation sites is 1. The van der Waals surface area contributed by atoms with Gasteiger partial charge in [-0.15, -0.1) is 0 Å². The second-order valence-corrected chi connectivity index (χ2v) is 13.6. The van der Waals surface area contributed by atoms with Gasteiger partial charge in [0.25, 0.3) is 0 Å². The van der Waals surface area contributed by atoms with Gasteiger partial charge < -0.3 is 4.42 Å². The van der Waals surface area contributed by atoms with Crippen molar-refractivity contribution in [1.29, 1.82) is 0 Å². The first-order chi connectivity index (χ1) is 27.3. The van der Waals surface area contributed by atoms with Crippen LogP contribution in [0.3, 0.4) is 0 Å². The van der Waals surface area contributed by atoms with Gasteiger partial charge in [0.1, 0.15) is 11.2 Å². The lowest BCUT2D eigenvalue weighted by Gasteiger charge is -2.13. The minimum atomic E-state index is 0.590. The number of furan rings is 1. The molecule has 258 valence electrons. The smallest absolute Gasteiger partial charge is 0.164 e. The SMILES string of the molecule is c1ccc(-c2ccc(-c3nc(-c4ccccc4)nc(-c4cccc5oc6c(-c7ccc(-c8ccccc8)cc7-c7ccccc7)cccc6c45)n3)cc2)cc1. The summed E-state index contributed by atoms with van der Waals surface area (Å²) in [4.78, 5) is 15.3. The molecule has 0 bridgehead atoms. The Morgan fingerprint density at radius 2 is 0.764 bits per heavy atom. The molecule has 8 aromatic carbocycles. The molecule has 0 aliphatic rings. The fraction of sp³-hybridized carbons (Fsp3) is 0. The van der Waals surface area contributed by atoms with Crippen molar-refractivity contribution in [3.63, 3.8) is 0 Å². The Kier molecular flexibility index (Phi) is 8.12. The van der Waals surface area contributed by atoms with Crippen LogP contribution in [0.25, 0.3) is 101 Å². The standard InChI is InChI=1S/C51H33N3O/c1-5-15-34(16-6-1)36-27-29-39(30-28-36)50-52-49(38-21-11-4-12-22-38)53-51(54-50)44-25-14-26-46-47(44)43-24-13-23-42(48(43)55-46)41-32-31-40(35-17-7-2-8-18-35)33-45(41)37-19-9-3-10-20-37/h1-33H. The first-order valence-electron chi connectivity index (χ1n) is 18.4. The molecule has 0 saturated carbocycles. The van der Waals surface area contributed by atoms with Crippen molar-refractivity contribution in [2.24, 2.45) is 0 Å². The number of fused-ring (bicyclic) bond motifs is 3. The molecule has 2 heterocycles. The summed E-state index contributed by atoms with van der Waals surface area (Å²) in [6, 6.07) is 69.2. The molecule has 0 aliphatic carbocycles. The van der Waals surface area contributed by atoms with Crippen molar-refractivity contribution in [3.8, 4) is 78.7 Å². The van der Waals surface area contributed by atoms with E-state index >= 15 is 0 Å². The van der Waals surface area contributed by atoms with Crippen molar-refractivity contribution >= 4 is 21.9 Å². The number of hydrogen-bond acceptors (Lipinski definition) is 4. The van der Waals surface area contributed by atoms with Gasteiger partial charge in [0.05, 0.1) is 0 Å². The number of nitrogens with zero attached hydrogens (tertiary/aromatic N) is 3. The number of hydrogen-bond donors (Lipinski definition) is 0. The fourth-order valence-corrected chi connectivity index (χ4v) is 7.48. The zero-order chi connectivity index (χ0) is 36.6. The topological polar surface area (TPSA) is 51.8 Å². The van der Waals surface area contributed by atoms with Gasteiger partial charge in [-0.1, -0.05) is 188 Å². The van der Waals surface area contributed by atoms with E-state index in [4.69, 9.17) is 19.4 Å². The van der Waals surface area contributed by atoms with Gasteiger partial charge >= 0.3 is 0 Å². The molecular formula is C51H33N3O. The molecule has 55 heavy (non-hydrogen) atoms. The third kappa shape index (κ3) is 6.06. The molecule has 2 aromatic heterocycles. The van der Waals surface area contributed by atoms with Crippen LogP contribution in [0, 0.1) is 0 Å². The highest BCUT2D eigenvalue weighted by atomic mass is 16.3. The van der Waals surface area contributed by atoms with Crippen LogP contribution < -0.4 is 0 Å². The largest absolute Gasteiger partial charge is 0.455 e. The maximum atomic E-state index is 6.82. The second-order valence-electron chi connectivity index (χ2n) is 13.6. The van der Waals surface area contributed by atoms with Crippen LogP contribution in [0.4, 0.5) is 0 Å². The van der Waals surface area contributed by atoms with Crippen molar-refractivity contribution in [1.82, 2.24) is 15.0 Å². The van der Waals surface area contributed by atoms with Gasteiger partial charge in [0.2, 0.25) is 0 Å². The van der Waals surface area contributed by atoms with Crippen LogP contribution in [0.5, 0.6) is 0 Å². The van der Waals surface area contributed by atoms with Gasteiger partial charge in [0.15, 0.2) is 17.5 Å². The van der Waals surface area contributed by atoms with Crippen LogP contribution in [0.1, 0.15) is 0 Å². The van der Waals surface area contributed by atoms with E-state index in [1.807, 2.05) is 48.5 Å². The van der Waals surface area contributed by atoms with E-state index in [-0.39, 0.29) is 0 Å². The van der Waals surface area contributed by atoms with Crippen molar-refractivity contribution in [2.45, 2.75) is 0 Å². The zero-order valence-corrected chi connectivity index (χ0v) is 29.8. The minimum absolute atomic E-state index is 0.590. The number of benzene rings is 8. The van der Waals surface area contributed by atoms with E-state index in [0.717, 1.165) is 77.6 Å². The first-order valence-corrected chi connectivity index (χ1v) is 18.4. The molecule has 0 spiro atoms. The lowest BCUT2D eigenvalue weighted by molar-refractivity contribution is 0.670. The summed E-state index contributed by atoms with van der Waals surface area (Å²) in [5.74, 6) is 1.82. The van der Waals surface area contributed by atoms with E-state index in [1.54, 1.807) is 0 Å². The third-order valence-corrected chi connectivity index (χ3v) is 10.2. The Bertz CT molecular complexity index is 2940. The third-order valence-electron chi connectivity index (χ3n) is 10.2. The molecule has 10 rings (SSSR count). The lowest BCUT2D eigenvalue weighted by atomic mass is 9.90. The summed E-state index contributed by atoms with van der Waals surface area (Å²) in [6.07, 6.45) is 0. The van der Waals surface area contributed by atoms with Gasteiger partial charge in [-0.25, -0.2) is 15.0 Å². The van der Waals surface area contributed by atoms with Crippen LogP contribution in [-0.2, 0) is 0 Å². The van der Waals surface area contributed by atoms with E-state index in [9.17, 15) is 0 Å². The quantitative estimate of drug-likeness (QED) is 0.166. The number of aromatic nitrogens is 3. The summed E-state index contributed by atoms with van der Waals surface area (Å²) in [5, 5.41) is 1.97. The second kappa shape index (κ2) is 13.8. The highest BCUT2D eigenvalue weighted by molar-refractivity contribution is 6.15. The molecule has 0 aliphatic heterocycles. The molecule has 4 heteroatoms. The molecule has 0 amide bonds. The van der Waals surface area contributed by atoms with Gasteiger partial charge in [-0.05, 0) is 51.1 Å². The van der Waals surface area contributed by atoms with E-state index in [0.29, 0.717) is 17.5 Å².